The fraction of sp³-hybridized carbons (Fsp3) is 0.450. The third kappa shape index (κ3) is 5.75. The highest BCUT2D eigenvalue weighted by Gasteiger charge is 2.36. The number of H-pyrrole nitrogens is 1. The van der Waals surface area contributed by atoms with Gasteiger partial charge in [-0.1, -0.05) is 31.5 Å². The molecule has 2 aromatic rings. The lowest BCUT2D eigenvalue weighted by molar-refractivity contribution is -0.138. The predicted octanol–water partition coefficient (Wildman–Crippen LogP) is 5.94. The van der Waals surface area contributed by atoms with Crippen molar-refractivity contribution in [2.45, 2.75) is 39.4 Å². The Labute approximate surface area is 168 Å². The Morgan fingerprint density at radius 3 is 2.68 bits per heavy atom. The average Bonchev–Trinajstić information content (AvgIpc) is 3.05. The van der Waals surface area contributed by atoms with Crippen LogP contribution in [0.15, 0.2) is 30.5 Å². The van der Waals surface area contributed by atoms with Gasteiger partial charge in [-0.2, -0.15) is 18.3 Å². The van der Waals surface area contributed by atoms with Crippen molar-refractivity contribution in [3.63, 3.8) is 0 Å². The van der Waals surface area contributed by atoms with Gasteiger partial charge < -0.3 is 9.64 Å². The zero-order chi connectivity index (χ0) is 20.9. The van der Waals surface area contributed by atoms with Gasteiger partial charge in [0.1, 0.15) is 6.61 Å². The van der Waals surface area contributed by atoms with Crippen LogP contribution in [0.5, 0.6) is 5.75 Å². The Balaban J connectivity index is 2.41. The van der Waals surface area contributed by atoms with E-state index in [4.69, 9.17) is 16.3 Å². The molecule has 1 aromatic heterocycles. The molecule has 8 heteroatoms. The standard InChI is InChI=1S/C20H25ClF3N3O/c1-5-6-7-27(4)11-15-10-25-26-18(15)14-8-16(20(22,23)24)19(17(21)9-14)28-12-13(2)3/h8-10H,2,5-7,11-12H2,1,3-4H3,(H,25,26). The molecule has 0 atom stereocenters. The zero-order valence-electron chi connectivity index (χ0n) is 16.3. The minimum Gasteiger partial charge on any atom is -0.487 e. The van der Waals surface area contributed by atoms with E-state index in [0.717, 1.165) is 31.0 Å². The van der Waals surface area contributed by atoms with Gasteiger partial charge in [0.2, 0.25) is 0 Å². The summed E-state index contributed by atoms with van der Waals surface area (Å²) in [7, 11) is 1.97. The lowest BCUT2D eigenvalue weighted by atomic mass is 10.0. The maximum absolute atomic E-state index is 13.6. The molecule has 1 heterocycles. The van der Waals surface area contributed by atoms with Crippen LogP contribution in [0, 0.1) is 0 Å². The molecule has 0 aliphatic heterocycles. The summed E-state index contributed by atoms with van der Waals surface area (Å²) in [6.07, 6.45) is -0.867. The van der Waals surface area contributed by atoms with Gasteiger partial charge >= 0.3 is 6.18 Å². The Morgan fingerprint density at radius 1 is 1.36 bits per heavy atom. The number of nitrogens with one attached hydrogen (secondary N) is 1. The van der Waals surface area contributed by atoms with Gasteiger partial charge in [0.05, 0.1) is 22.5 Å². The van der Waals surface area contributed by atoms with Gasteiger partial charge in [0.15, 0.2) is 5.75 Å². The summed E-state index contributed by atoms with van der Waals surface area (Å²) in [6, 6.07) is 2.51. The number of rotatable bonds is 9. The second-order valence-electron chi connectivity index (χ2n) is 6.94. The fourth-order valence-corrected chi connectivity index (χ4v) is 3.04. The maximum Gasteiger partial charge on any atom is 0.420 e. The fourth-order valence-electron chi connectivity index (χ4n) is 2.77. The van der Waals surface area contributed by atoms with Crippen LogP contribution in [-0.4, -0.2) is 35.3 Å². The topological polar surface area (TPSA) is 41.1 Å². The van der Waals surface area contributed by atoms with Gasteiger partial charge in [0.25, 0.3) is 0 Å². The molecule has 4 nitrogen and oxygen atoms in total. The molecule has 1 aromatic carbocycles. The van der Waals surface area contributed by atoms with Crippen LogP contribution in [0.2, 0.25) is 5.02 Å². The van der Waals surface area contributed by atoms with Crippen molar-refractivity contribution in [2.24, 2.45) is 0 Å². The number of hydrogen-bond acceptors (Lipinski definition) is 3. The van der Waals surface area contributed by atoms with Gasteiger partial charge in [-0.05, 0) is 44.6 Å². The normalized spacial score (nSPS) is 11.9. The molecule has 0 aliphatic rings. The minimum atomic E-state index is -4.61. The highest BCUT2D eigenvalue weighted by molar-refractivity contribution is 6.32. The number of aromatic nitrogens is 2. The van der Waals surface area contributed by atoms with Crippen molar-refractivity contribution in [2.75, 3.05) is 20.2 Å². The molecule has 0 saturated heterocycles. The van der Waals surface area contributed by atoms with E-state index >= 15 is 0 Å². The van der Waals surface area contributed by atoms with E-state index in [1.165, 1.54) is 6.07 Å². The zero-order valence-corrected chi connectivity index (χ0v) is 17.0. The average molecular weight is 416 g/mol. The SMILES string of the molecule is C=C(C)COc1c(Cl)cc(-c2[nH]ncc2CN(C)CCCC)cc1C(F)(F)F. The van der Waals surface area contributed by atoms with E-state index < -0.39 is 11.7 Å². The van der Waals surface area contributed by atoms with Crippen LogP contribution in [0.1, 0.15) is 37.8 Å². The van der Waals surface area contributed by atoms with Crippen LogP contribution in [-0.2, 0) is 12.7 Å². The smallest absolute Gasteiger partial charge is 0.420 e. The number of hydrogen-bond donors (Lipinski definition) is 1. The van der Waals surface area contributed by atoms with Gasteiger partial charge in [-0.15, -0.1) is 0 Å². The molecule has 154 valence electrons. The van der Waals surface area contributed by atoms with Crippen molar-refractivity contribution >= 4 is 11.6 Å². The summed E-state index contributed by atoms with van der Waals surface area (Å²) in [6.45, 7) is 8.84. The van der Waals surface area contributed by atoms with Crippen LogP contribution in [0.25, 0.3) is 11.3 Å². The largest absolute Gasteiger partial charge is 0.487 e. The molecule has 0 fully saturated rings. The highest BCUT2D eigenvalue weighted by Crippen LogP contribution is 2.43. The highest BCUT2D eigenvalue weighted by atomic mass is 35.5. The number of unbranched alkanes of at least 4 members (excludes halogenated alkanes) is 1. The number of ether oxygens (including phenoxy) is 1. The molecule has 0 aliphatic carbocycles. The lowest BCUT2D eigenvalue weighted by Crippen LogP contribution is -2.19. The Bertz CT molecular complexity index is 818. The van der Waals surface area contributed by atoms with Gasteiger partial charge in [-0.3, -0.25) is 5.10 Å². The first-order chi connectivity index (χ1) is 13.1. The maximum atomic E-state index is 13.6. The number of aromatic amines is 1. The second-order valence-corrected chi connectivity index (χ2v) is 7.35. The van der Waals surface area contributed by atoms with Crippen molar-refractivity contribution in [1.82, 2.24) is 15.1 Å². The first-order valence-electron chi connectivity index (χ1n) is 9.02. The van der Waals surface area contributed by atoms with Crippen molar-refractivity contribution in [3.05, 3.63) is 46.6 Å². The number of nitrogens with zero attached hydrogens (tertiary/aromatic N) is 2. The molecular weight excluding hydrogens is 391 g/mol. The third-order valence-corrected chi connectivity index (χ3v) is 4.43. The Kier molecular flexibility index (Phi) is 7.55. The summed E-state index contributed by atoms with van der Waals surface area (Å²) in [5.74, 6) is -0.387. The van der Waals surface area contributed by atoms with Crippen LogP contribution in [0.4, 0.5) is 13.2 Å². The van der Waals surface area contributed by atoms with Crippen LogP contribution >= 0.6 is 11.6 Å². The molecule has 0 radical (unpaired) electrons. The first kappa shape index (κ1) is 22.3. The van der Waals surface area contributed by atoms with Crippen molar-refractivity contribution in [1.29, 1.82) is 0 Å². The molecule has 0 spiro atoms. The number of halogens is 4. The van der Waals surface area contributed by atoms with E-state index in [1.807, 2.05) is 7.05 Å². The van der Waals surface area contributed by atoms with Gasteiger partial charge in [-0.25, -0.2) is 0 Å². The van der Waals surface area contributed by atoms with E-state index in [2.05, 4.69) is 28.6 Å². The van der Waals surface area contributed by atoms with Crippen LogP contribution in [0.3, 0.4) is 0 Å². The molecule has 0 amide bonds. The summed E-state index contributed by atoms with van der Waals surface area (Å²) in [4.78, 5) is 2.11. The number of benzene rings is 1. The summed E-state index contributed by atoms with van der Waals surface area (Å²) >= 11 is 6.17. The van der Waals surface area contributed by atoms with E-state index in [0.29, 0.717) is 23.4 Å². The predicted molar refractivity (Wildman–Crippen MR) is 106 cm³/mol. The molecule has 0 saturated carbocycles. The third-order valence-electron chi connectivity index (χ3n) is 4.15. The van der Waals surface area contributed by atoms with E-state index in [9.17, 15) is 13.2 Å². The minimum absolute atomic E-state index is 0.0420. The molecule has 0 unspecified atom stereocenters. The molecule has 0 bridgehead atoms. The van der Waals surface area contributed by atoms with Crippen molar-refractivity contribution in [3.8, 4) is 17.0 Å². The molecule has 1 N–H and O–H groups in total. The molecule has 2 rings (SSSR count). The number of alkyl halides is 3. The Morgan fingerprint density at radius 2 is 2.07 bits per heavy atom. The van der Waals surface area contributed by atoms with Crippen molar-refractivity contribution < 1.29 is 17.9 Å². The Hall–Kier alpha value is -1.99. The monoisotopic (exact) mass is 415 g/mol. The lowest BCUT2D eigenvalue weighted by Gasteiger charge is -2.18. The second kappa shape index (κ2) is 9.47. The van der Waals surface area contributed by atoms with E-state index in [-0.39, 0.29) is 17.4 Å². The van der Waals surface area contributed by atoms with Crippen LogP contribution < -0.4 is 4.74 Å². The molecule has 28 heavy (non-hydrogen) atoms. The summed E-state index contributed by atoms with van der Waals surface area (Å²) < 4.78 is 46.2. The summed E-state index contributed by atoms with van der Waals surface area (Å²) in [5.41, 5.74) is 1.31. The quantitative estimate of drug-likeness (QED) is 0.515. The summed E-state index contributed by atoms with van der Waals surface area (Å²) in [5, 5.41) is 6.71. The van der Waals surface area contributed by atoms with E-state index in [1.54, 1.807) is 13.1 Å². The van der Waals surface area contributed by atoms with Gasteiger partial charge in [0, 0.05) is 17.7 Å². The molecular formula is C20H25ClF3N3O. The first-order valence-corrected chi connectivity index (χ1v) is 9.40.